The van der Waals surface area contributed by atoms with E-state index in [4.69, 9.17) is 4.74 Å². The molecule has 0 aliphatic rings. The zero-order valence-electron chi connectivity index (χ0n) is 22.0. The van der Waals surface area contributed by atoms with E-state index in [9.17, 15) is 4.79 Å². The van der Waals surface area contributed by atoms with Gasteiger partial charge in [0.2, 0.25) is 0 Å². The summed E-state index contributed by atoms with van der Waals surface area (Å²) in [5, 5.41) is 0. The largest absolute Gasteiger partial charge is 0.454 e. The van der Waals surface area contributed by atoms with Crippen LogP contribution >= 0.6 is 0 Å². The van der Waals surface area contributed by atoms with E-state index in [-0.39, 0.29) is 12.1 Å². The summed E-state index contributed by atoms with van der Waals surface area (Å²) >= 11 is 0. The summed E-state index contributed by atoms with van der Waals surface area (Å²) in [7, 11) is 0. The van der Waals surface area contributed by atoms with Crippen LogP contribution < -0.4 is 4.90 Å². The van der Waals surface area contributed by atoms with Gasteiger partial charge in [-0.2, -0.15) is 0 Å². The molecule has 0 aliphatic heterocycles. The lowest BCUT2D eigenvalue weighted by molar-refractivity contribution is -0.143. The third-order valence-electron chi connectivity index (χ3n) is 6.57. The van der Waals surface area contributed by atoms with E-state index < -0.39 is 0 Å². The van der Waals surface area contributed by atoms with Gasteiger partial charge in [-0.1, -0.05) is 91.7 Å². The molecular formula is C34H35NO2. The molecule has 0 amide bonds. The first-order valence-electron chi connectivity index (χ1n) is 13.0. The van der Waals surface area contributed by atoms with E-state index >= 15 is 0 Å². The van der Waals surface area contributed by atoms with Gasteiger partial charge < -0.3 is 9.64 Å². The van der Waals surface area contributed by atoms with Crippen LogP contribution in [0.2, 0.25) is 0 Å². The molecule has 3 heteroatoms. The summed E-state index contributed by atoms with van der Waals surface area (Å²) in [5.41, 5.74) is 9.09. The van der Waals surface area contributed by atoms with Gasteiger partial charge in [0, 0.05) is 23.1 Å². The molecule has 0 N–H and O–H groups in total. The van der Waals surface area contributed by atoms with Crippen LogP contribution in [0.5, 0.6) is 0 Å². The number of carbonyl (C=O) groups is 1. The molecule has 0 spiro atoms. The molecule has 0 saturated heterocycles. The van der Waals surface area contributed by atoms with E-state index in [2.05, 4.69) is 129 Å². The number of hydrogen-bond donors (Lipinski definition) is 0. The molecule has 0 fully saturated rings. The van der Waals surface area contributed by atoms with Gasteiger partial charge in [-0.05, 0) is 79.8 Å². The predicted octanol–water partition coefficient (Wildman–Crippen LogP) is 9.40. The maximum Gasteiger partial charge on any atom is 0.330 e. The Morgan fingerprint density at radius 1 is 0.757 bits per heavy atom. The number of carbonyl (C=O) groups excluding carboxylic acids is 1. The van der Waals surface area contributed by atoms with Crippen LogP contribution in [0.25, 0.3) is 11.1 Å². The molecule has 0 aromatic heterocycles. The third-order valence-corrected chi connectivity index (χ3v) is 6.57. The van der Waals surface area contributed by atoms with Gasteiger partial charge >= 0.3 is 5.97 Å². The molecule has 1 atom stereocenters. The van der Waals surface area contributed by atoms with Crippen LogP contribution in [0, 0.1) is 13.8 Å². The minimum Gasteiger partial charge on any atom is -0.454 e. The van der Waals surface area contributed by atoms with Gasteiger partial charge in [0.05, 0.1) is 0 Å². The summed E-state index contributed by atoms with van der Waals surface area (Å²) < 4.78 is 5.61. The maximum atomic E-state index is 11.8. The van der Waals surface area contributed by atoms with Crippen LogP contribution in [-0.4, -0.2) is 5.97 Å². The topological polar surface area (TPSA) is 29.5 Å². The van der Waals surface area contributed by atoms with E-state index in [1.54, 1.807) is 0 Å². The normalized spacial score (nSPS) is 11.5. The molecule has 3 nitrogen and oxygen atoms in total. The molecule has 4 aromatic rings. The molecule has 0 radical (unpaired) electrons. The quantitative estimate of drug-likeness (QED) is 0.164. The summed E-state index contributed by atoms with van der Waals surface area (Å²) in [4.78, 5) is 14.1. The second kappa shape index (κ2) is 12.2. The Morgan fingerprint density at radius 3 is 1.62 bits per heavy atom. The van der Waals surface area contributed by atoms with Crippen molar-refractivity contribution in [3.05, 3.63) is 126 Å². The Bertz CT molecular complexity index is 1260. The van der Waals surface area contributed by atoms with Gasteiger partial charge in [-0.15, -0.1) is 0 Å². The zero-order chi connectivity index (χ0) is 26.2. The van der Waals surface area contributed by atoms with E-state index in [1.165, 1.54) is 17.2 Å². The molecule has 4 aromatic carbocycles. The van der Waals surface area contributed by atoms with Crippen molar-refractivity contribution in [2.24, 2.45) is 0 Å². The fourth-order valence-electron chi connectivity index (χ4n) is 4.40. The number of esters is 1. The molecule has 0 heterocycles. The summed E-state index contributed by atoms with van der Waals surface area (Å²) in [6, 6.07) is 34.2. The number of aryl methyl sites for hydroxylation is 2. The number of benzene rings is 4. The first-order valence-corrected chi connectivity index (χ1v) is 13.0. The van der Waals surface area contributed by atoms with Crippen LogP contribution in [0.4, 0.5) is 17.1 Å². The Labute approximate surface area is 221 Å². The Hall–Kier alpha value is -4.11. The molecule has 1 unspecified atom stereocenters. The number of rotatable bonds is 10. The minimum atomic E-state index is -0.382. The first kappa shape index (κ1) is 26.0. The van der Waals surface area contributed by atoms with E-state index in [0.29, 0.717) is 0 Å². The zero-order valence-corrected chi connectivity index (χ0v) is 22.0. The third kappa shape index (κ3) is 6.56. The minimum absolute atomic E-state index is 0.251. The SMILES string of the molecule is C=CC(=O)OC(CCCC)c1ccc(-c2ccc(N(c3ccc(C)cc3)c3ccc(C)cc3)cc2)cc1. The molecule has 0 saturated carbocycles. The second-order valence-corrected chi connectivity index (χ2v) is 9.45. The van der Waals surface area contributed by atoms with Crippen molar-refractivity contribution < 1.29 is 9.53 Å². The lowest BCUT2D eigenvalue weighted by atomic mass is 9.99. The van der Waals surface area contributed by atoms with E-state index in [0.717, 1.165) is 53.0 Å². The van der Waals surface area contributed by atoms with Crippen molar-refractivity contribution in [3.8, 4) is 11.1 Å². The highest BCUT2D eigenvalue weighted by Crippen LogP contribution is 2.36. The average molecular weight is 490 g/mol. The van der Waals surface area contributed by atoms with Crippen molar-refractivity contribution in [2.75, 3.05) is 4.90 Å². The molecule has 0 aliphatic carbocycles. The highest BCUT2D eigenvalue weighted by Gasteiger charge is 2.16. The lowest BCUT2D eigenvalue weighted by Gasteiger charge is -2.26. The van der Waals surface area contributed by atoms with Crippen LogP contribution in [0.3, 0.4) is 0 Å². The Morgan fingerprint density at radius 2 is 1.19 bits per heavy atom. The smallest absolute Gasteiger partial charge is 0.330 e. The monoisotopic (exact) mass is 489 g/mol. The summed E-state index contributed by atoms with van der Waals surface area (Å²) in [6.07, 6.45) is 3.83. The summed E-state index contributed by atoms with van der Waals surface area (Å²) in [5.74, 6) is -0.382. The van der Waals surface area contributed by atoms with Crippen molar-refractivity contribution in [1.82, 2.24) is 0 Å². The number of nitrogens with zero attached hydrogens (tertiary/aromatic N) is 1. The highest BCUT2D eigenvalue weighted by molar-refractivity contribution is 5.81. The van der Waals surface area contributed by atoms with Crippen LogP contribution in [0.1, 0.15) is 49.0 Å². The highest BCUT2D eigenvalue weighted by atomic mass is 16.5. The van der Waals surface area contributed by atoms with E-state index in [1.807, 2.05) is 0 Å². The maximum absolute atomic E-state index is 11.8. The summed E-state index contributed by atoms with van der Waals surface area (Å²) in [6.45, 7) is 9.88. The van der Waals surface area contributed by atoms with Gasteiger partial charge in [0.1, 0.15) is 6.10 Å². The number of ether oxygens (including phenoxy) is 1. The molecule has 4 rings (SSSR count). The molecule has 0 bridgehead atoms. The number of unbranched alkanes of at least 4 members (excludes halogenated alkanes) is 1. The standard InChI is InChI=1S/C34H35NO2/c1-5-7-8-33(37-34(36)6-2)29-15-13-27(14-16-29)28-17-23-32(24-18-28)35(30-19-9-25(3)10-20-30)31-21-11-26(4)12-22-31/h6,9-24,33H,2,5,7-8H2,1,3-4H3. The Kier molecular flexibility index (Phi) is 8.58. The molecule has 37 heavy (non-hydrogen) atoms. The van der Waals surface area contributed by atoms with Crippen molar-refractivity contribution >= 4 is 23.0 Å². The molecule has 188 valence electrons. The van der Waals surface area contributed by atoms with Crippen molar-refractivity contribution in [3.63, 3.8) is 0 Å². The second-order valence-electron chi connectivity index (χ2n) is 9.45. The fourth-order valence-corrected chi connectivity index (χ4v) is 4.40. The first-order chi connectivity index (χ1) is 18.0. The fraction of sp³-hybridized carbons (Fsp3) is 0.206. The van der Waals surface area contributed by atoms with Gasteiger partial charge in [-0.25, -0.2) is 4.79 Å². The number of hydrogen-bond acceptors (Lipinski definition) is 3. The van der Waals surface area contributed by atoms with Crippen LogP contribution in [0.15, 0.2) is 110 Å². The van der Waals surface area contributed by atoms with Crippen molar-refractivity contribution in [1.29, 1.82) is 0 Å². The predicted molar refractivity (Wildman–Crippen MR) is 155 cm³/mol. The lowest BCUT2D eigenvalue weighted by Crippen LogP contribution is -2.10. The van der Waals surface area contributed by atoms with Crippen molar-refractivity contribution in [2.45, 2.75) is 46.1 Å². The van der Waals surface area contributed by atoms with Gasteiger partial charge in [0.15, 0.2) is 0 Å². The Balaban J connectivity index is 1.60. The van der Waals surface area contributed by atoms with Gasteiger partial charge in [0.25, 0.3) is 0 Å². The number of anilines is 3. The van der Waals surface area contributed by atoms with Crippen LogP contribution in [-0.2, 0) is 9.53 Å². The molecular weight excluding hydrogens is 454 g/mol. The average Bonchev–Trinajstić information content (AvgIpc) is 2.93. The van der Waals surface area contributed by atoms with Gasteiger partial charge in [-0.3, -0.25) is 0 Å².